The van der Waals surface area contributed by atoms with Crippen molar-refractivity contribution in [1.82, 2.24) is 19.4 Å². The number of amides is 3. The van der Waals surface area contributed by atoms with Crippen LogP contribution in [-0.4, -0.2) is 55.2 Å². The van der Waals surface area contributed by atoms with Gasteiger partial charge in [0.2, 0.25) is 5.91 Å². The average molecular weight is 455 g/mol. The summed E-state index contributed by atoms with van der Waals surface area (Å²) >= 11 is 5.75. The molecule has 0 bridgehead atoms. The maximum atomic E-state index is 12.8. The fourth-order valence-electron chi connectivity index (χ4n) is 3.42. The summed E-state index contributed by atoms with van der Waals surface area (Å²) in [6.07, 6.45) is 4.95. The van der Waals surface area contributed by atoms with E-state index in [0.29, 0.717) is 17.1 Å². The summed E-state index contributed by atoms with van der Waals surface area (Å²) in [6, 6.07) is 8.39. The molecule has 2 atom stereocenters. The van der Waals surface area contributed by atoms with Crippen molar-refractivity contribution in [3.05, 3.63) is 76.7 Å². The van der Waals surface area contributed by atoms with Gasteiger partial charge in [-0.2, -0.15) is 0 Å². The summed E-state index contributed by atoms with van der Waals surface area (Å²) in [7, 11) is 0. The molecule has 1 saturated heterocycles. The van der Waals surface area contributed by atoms with E-state index in [9.17, 15) is 19.5 Å². The maximum absolute atomic E-state index is 12.8. The Labute approximate surface area is 187 Å². The second kappa shape index (κ2) is 9.16. The van der Waals surface area contributed by atoms with Gasteiger partial charge >= 0.3 is 6.03 Å². The van der Waals surface area contributed by atoms with E-state index >= 15 is 0 Å². The number of hydrogen-bond acceptors (Lipinski definition) is 6. The number of urea groups is 1. The number of hydrogen-bond donors (Lipinski definition) is 3. The Morgan fingerprint density at radius 1 is 1.06 bits per heavy atom. The van der Waals surface area contributed by atoms with E-state index in [1.54, 1.807) is 36.5 Å². The van der Waals surface area contributed by atoms with E-state index in [2.05, 4.69) is 20.6 Å². The summed E-state index contributed by atoms with van der Waals surface area (Å²) in [5.74, 6) is -0.431. The highest BCUT2D eigenvalue weighted by molar-refractivity contribution is 6.29. The van der Waals surface area contributed by atoms with E-state index in [4.69, 9.17) is 11.6 Å². The highest BCUT2D eigenvalue weighted by Crippen LogP contribution is 2.22. The van der Waals surface area contributed by atoms with Crippen LogP contribution in [0.4, 0.5) is 16.2 Å². The molecule has 10 nitrogen and oxygen atoms in total. The van der Waals surface area contributed by atoms with Gasteiger partial charge in [0.05, 0.1) is 24.2 Å². The molecule has 0 radical (unpaired) electrons. The molecule has 0 aliphatic carbocycles. The van der Waals surface area contributed by atoms with Gasteiger partial charge < -0.3 is 20.6 Å². The SMILES string of the molecule is O=C(Nc1ccc(-n2ccncc2=O)cc1)[C@H]1C[C@@H](O)CN1C(=O)Nc1ccc(Cl)nc1. The number of carbonyl (C=O) groups is 2. The number of benzene rings is 1. The van der Waals surface area contributed by atoms with Crippen LogP contribution in [0.25, 0.3) is 5.69 Å². The van der Waals surface area contributed by atoms with Gasteiger partial charge in [0.25, 0.3) is 5.56 Å². The molecule has 11 heteroatoms. The van der Waals surface area contributed by atoms with Crippen molar-refractivity contribution in [3.8, 4) is 5.69 Å². The van der Waals surface area contributed by atoms with E-state index < -0.39 is 24.1 Å². The lowest BCUT2D eigenvalue weighted by Crippen LogP contribution is -2.45. The first-order chi connectivity index (χ1) is 15.4. The normalized spacial score (nSPS) is 17.8. The van der Waals surface area contributed by atoms with E-state index in [1.807, 2.05) is 0 Å². The number of carbonyl (C=O) groups excluding carboxylic acids is 2. The van der Waals surface area contributed by atoms with Gasteiger partial charge in [0.15, 0.2) is 0 Å². The van der Waals surface area contributed by atoms with Gasteiger partial charge in [-0.15, -0.1) is 0 Å². The number of nitrogens with one attached hydrogen (secondary N) is 2. The number of likely N-dealkylation sites (tertiary alicyclic amines) is 1. The third-order valence-corrected chi connectivity index (χ3v) is 5.18. The second-order valence-electron chi connectivity index (χ2n) is 7.18. The minimum absolute atomic E-state index is 0.0227. The molecular weight excluding hydrogens is 436 g/mol. The summed E-state index contributed by atoms with van der Waals surface area (Å²) in [5.41, 5.74) is 1.25. The fourth-order valence-corrected chi connectivity index (χ4v) is 3.54. The first-order valence-electron chi connectivity index (χ1n) is 9.72. The van der Waals surface area contributed by atoms with E-state index in [-0.39, 0.29) is 23.7 Å². The lowest BCUT2D eigenvalue weighted by atomic mass is 10.1. The Hall–Kier alpha value is -3.76. The van der Waals surface area contributed by atoms with E-state index in [1.165, 1.54) is 34.1 Å². The van der Waals surface area contributed by atoms with Crippen LogP contribution in [0.5, 0.6) is 0 Å². The van der Waals surface area contributed by atoms with Crippen LogP contribution < -0.4 is 16.2 Å². The number of pyridine rings is 1. The third kappa shape index (κ3) is 4.76. The molecule has 164 valence electrons. The Kier molecular flexibility index (Phi) is 6.15. The standard InChI is InChI=1S/C21H19ClN6O4/c22-18-6-3-14(10-24-18)26-21(32)28-12-16(29)9-17(28)20(31)25-13-1-4-15(5-2-13)27-8-7-23-11-19(27)30/h1-8,10-11,16-17,29H,9,12H2,(H,25,31)(H,26,32)/t16-,17-/m1/s1. The van der Waals surface area contributed by atoms with Gasteiger partial charge in [-0.25, -0.2) is 9.78 Å². The maximum Gasteiger partial charge on any atom is 0.322 e. The minimum atomic E-state index is -0.854. The zero-order valence-electron chi connectivity index (χ0n) is 16.7. The molecule has 1 fully saturated rings. The number of halogens is 1. The Balaban J connectivity index is 1.44. The lowest BCUT2D eigenvalue weighted by molar-refractivity contribution is -0.119. The molecule has 4 rings (SSSR count). The van der Waals surface area contributed by atoms with Gasteiger partial charge in [0.1, 0.15) is 11.2 Å². The minimum Gasteiger partial charge on any atom is -0.391 e. The Morgan fingerprint density at radius 3 is 2.50 bits per heavy atom. The topological polar surface area (TPSA) is 129 Å². The van der Waals surface area contributed by atoms with Crippen molar-refractivity contribution < 1.29 is 14.7 Å². The number of anilines is 2. The molecule has 0 spiro atoms. The monoisotopic (exact) mass is 454 g/mol. The number of nitrogens with zero attached hydrogens (tertiary/aromatic N) is 4. The van der Waals surface area contributed by atoms with Gasteiger partial charge in [0, 0.05) is 36.7 Å². The largest absolute Gasteiger partial charge is 0.391 e. The smallest absolute Gasteiger partial charge is 0.322 e. The third-order valence-electron chi connectivity index (χ3n) is 4.96. The molecule has 3 aromatic rings. The van der Waals surface area contributed by atoms with E-state index in [0.717, 1.165) is 0 Å². The van der Waals surface area contributed by atoms with Crippen LogP contribution in [0, 0.1) is 0 Å². The molecule has 1 aliphatic rings. The average Bonchev–Trinajstić information content (AvgIpc) is 3.18. The lowest BCUT2D eigenvalue weighted by Gasteiger charge is -2.24. The zero-order valence-corrected chi connectivity index (χ0v) is 17.4. The molecular formula is C21H19ClN6O4. The Morgan fingerprint density at radius 2 is 1.81 bits per heavy atom. The molecule has 0 unspecified atom stereocenters. The second-order valence-corrected chi connectivity index (χ2v) is 7.57. The quantitative estimate of drug-likeness (QED) is 0.516. The molecule has 1 aliphatic heterocycles. The first-order valence-corrected chi connectivity index (χ1v) is 10.1. The highest BCUT2D eigenvalue weighted by Gasteiger charge is 2.39. The van der Waals surface area contributed by atoms with Crippen molar-refractivity contribution in [2.24, 2.45) is 0 Å². The summed E-state index contributed by atoms with van der Waals surface area (Å²) in [4.78, 5) is 46.3. The van der Waals surface area contributed by atoms with Crippen LogP contribution in [0.1, 0.15) is 6.42 Å². The predicted octanol–water partition coefficient (Wildman–Crippen LogP) is 1.89. The van der Waals surface area contributed by atoms with Crippen molar-refractivity contribution in [2.75, 3.05) is 17.2 Å². The number of aliphatic hydroxyl groups excluding tert-OH is 1. The Bertz CT molecular complexity index is 1180. The van der Waals surface area contributed by atoms with Crippen molar-refractivity contribution >= 4 is 34.9 Å². The van der Waals surface area contributed by atoms with Crippen LogP contribution in [0.2, 0.25) is 5.15 Å². The first kappa shape index (κ1) is 21.5. The van der Waals surface area contributed by atoms with Crippen molar-refractivity contribution in [3.63, 3.8) is 0 Å². The fraction of sp³-hybridized carbons (Fsp3) is 0.190. The molecule has 32 heavy (non-hydrogen) atoms. The van der Waals surface area contributed by atoms with Gasteiger partial charge in [-0.3, -0.25) is 19.1 Å². The van der Waals surface area contributed by atoms with Crippen LogP contribution >= 0.6 is 11.6 Å². The summed E-state index contributed by atoms with van der Waals surface area (Å²) < 4.78 is 1.42. The zero-order chi connectivity index (χ0) is 22.7. The molecule has 3 amide bonds. The molecule has 3 heterocycles. The van der Waals surface area contributed by atoms with Crippen LogP contribution in [-0.2, 0) is 4.79 Å². The van der Waals surface area contributed by atoms with Gasteiger partial charge in [-0.1, -0.05) is 11.6 Å². The molecule has 1 aromatic carbocycles. The number of β-amino-alcohol motifs (C(OH)–C–C–N with tert-alkyl or cyclic N) is 1. The number of aliphatic hydroxyl groups is 1. The molecule has 3 N–H and O–H groups in total. The van der Waals surface area contributed by atoms with Crippen molar-refractivity contribution in [2.45, 2.75) is 18.6 Å². The molecule has 0 saturated carbocycles. The van der Waals surface area contributed by atoms with Crippen LogP contribution in [0.15, 0.2) is 66.0 Å². The van der Waals surface area contributed by atoms with Gasteiger partial charge in [-0.05, 0) is 36.4 Å². The number of aromatic nitrogens is 3. The highest BCUT2D eigenvalue weighted by atomic mass is 35.5. The molecule has 2 aromatic heterocycles. The van der Waals surface area contributed by atoms with Crippen molar-refractivity contribution in [1.29, 1.82) is 0 Å². The summed E-state index contributed by atoms with van der Waals surface area (Å²) in [5, 5.41) is 15.7. The predicted molar refractivity (Wildman–Crippen MR) is 118 cm³/mol. The van der Waals surface area contributed by atoms with Crippen LogP contribution in [0.3, 0.4) is 0 Å². The number of rotatable bonds is 4. The summed E-state index contributed by atoms with van der Waals surface area (Å²) in [6.45, 7) is 0.0227.